The van der Waals surface area contributed by atoms with Crippen molar-refractivity contribution in [2.75, 3.05) is 6.61 Å². The second-order valence-corrected chi connectivity index (χ2v) is 5.30. The van der Waals surface area contributed by atoms with Gasteiger partial charge in [-0.2, -0.15) is 0 Å². The summed E-state index contributed by atoms with van der Waals surface area (Å²) in [4.78, 5) is 28.3. The van der Waals surface area contributed by atoms with Crippen molar-refractivity contribution in [2.45, 2.75) is 20.4 Å². The Bertz CT molecular complexity index is 725. The number of aryl methyl sites for hydroxylation is 1. The van der Waals surface area contributed by atoms with E-state index < -0.39 is 5.97 Å². The predicted molar refractivity (Wildman–Crippen MR) is 83.0 cm³/mol. The zero-order chi connectivity index (χ0) is 15.4. The fraction of sp³-hybridized carbons (Fsp3) is 0.267. The molecule has 0 atom stereocenters. The Hall–Kier alpha value is -1.95. The van der Waals surface area contributed by atoms with Crippen molar-refractivity contribution in [1.82, 2.24) is 9.55 Å². The molecule has 2 aromatic rings. The second-order valence-electron chi connectivity index (χ2n) is 4.44. The van der Waals surface area contributed by atoms with Gasteiger partial charge in [0.25, 0.3) is 5.56 Å². The van der Waals surface area contributed by atoms with Gasteiger partial charge in [-0.25, -0.2) is 4.98 Å². The Morgan fingerprint density at radius 3 is 2.76 bits per heavy atom. The number of hydrogen-bond donors (Lipinski definition) is 0. The van der Waals surface area contributed by atoms with E-state index in [2.05, 4.69) is 20.9 Å². The molecule has 0 fully saturated rings. The number of esters is 1. The molecule has 0 aliphatic carbocycles. The molecule has 0 unspecified atom stereocenters. The smallest absolute Gasteiger partial charge is 0.326 e. The molecule has 6 heteroatoms. The molecule has 0 aliphatic rings. The van der Waals surface area contributed by atoms with Crippen molar-refractivity contribution < 1.29 is 9.53 Å². The number of aromatic nitrogens is 2. The lowest BCUT2D eigenvalue weighted by Crippen LogP contribution is -2.28. The zero-order valence-electron chi connectivity index (χ0n) is 11.8. The van der Waals surface area contributed by atoms with Gasteiger partial charge in [-0.1, -0.05) is 24.3 Å². The lowest BCUT2D eigenvalue weighted by atomic mass is 10.1. The highest BCUT2D eigenvalue weighted by Crippen LogP contribution is 2.20. The fourth-order valence-corrected chi connectivity index (χ4v) is 2.31. The Morgan fingerprint density at radius 1 is 1.38 bits per heavy atom. The van der Waals surface area contributed by atoms with Gasteiger partial charge in [0.05, 0.1) is 6.61 Å². The molecular weight excluding hydrogens is 336 g/mol. The first-order valence-corrected chi connectivity index (χ1v) is 7.30. The number of halogens is 1. The van der Waals surface area contributed by atoms with Crippen LogP contribution in [0.4, 0.5) is 0 Å². The fourth-order valence-electron chi connectivity index (χ4n) is 1.99. The molecule has 1 aromatic heterocycles. The van der Waals surface area contributed by atoms with Crippen molar-refractivity contribution in [2.24, 2.45) is 0 Å². The molecule has 2 rings (SSSR count). The van der Waals surface area contributed by atoms with Gasteiger partial charge in [0, 0.05) is 11.8 Å². The zero-order valence-corrected chi connectivity index (χ0v) is 13.4. The third kappa shape index (κ3) is 3.39. The van der Waals surface area contributed by atoms with Gasteiger partial charge < -0.3 is 4.74 Å². The van der Waals surface area contributed by atoms with Crippen LogP contribution < -0.4 is 5.56 Å². The highest BCUT2D eigenvalue weighted by molar-refractivity contribution is 9.10. The van der Waals surface area contributed by atoms with Crippen LogP contribution in [0.25, 0.3) is 11.4 Å². The molecule has 0 saturated heterocycles. The molecule has 1 heterocycles. The lowest BCUT2D eigenvalue weighted by Gasteiger charge is -2.13. The Balaban J connectivity index is 2.57. The van der Waals surface area contributed by atoms with Gasteiger partial charge in [0.2, 0.25) is 0 Å². The van der Waals surface area contributed by atoms with Crippen LogP contribution in [0.2, 0.25) is 0 Å². The maximum atomic E-state index is 12.3. The van der Waals surface area contributed by atoms with E-state index in [-0.39, 0.29) is 18.7 Å². The van der Waals surface area contributed by atoms with E-state index in [1.165, 1.54) is 10.8 Å². The van der Waals surface area contributed by atoms with E-state index in [0.29, 0.717) is 10.3 Å². The summed E-state index contributed by atoms with van der Waals surface area (Å²) in [6.45, 7) is 3.76. The Morgan fingerprint density at radius 2 is 2.10 bits per heavy atom. The number of nitrogens with zero attached hydrogens (tertiary/aromatic N) is 2. The number of rotatable bonds is 4. The third-order valence-corrected chi connectivity index (χ3v) is 3.53. The monoisotopic (exact) mass is 350 g/mol. The average Bonchev–Trinajstić information content (AvgIpc) is 2.45. The van der Waals surface area contributed by atoms with Crippen molar-refractivity contribution in [3.05, 3.63) is 50.9 Å². The van der Waals surface area contributed by atoms with E-state index >= 15 is 0 Å². The predicted octanol–water partition coefficient (Wildman–Crippen LogP) is 2.54. The van der Waals surface area contributed by atoms with Gasteiger partial charge in [-0.3, -0.25) is 14.2 Å². The molecule has 21 heavy (non-hydrogen) atoms. The van der Waals surface area contributed by atoms with Gasteiger partial charge in [-0.05, 0) is 35.3 Å². The summed E-state index contributed by atoms with van der Waals surface area (Å²) in [6, 6.07) is 7.57. The van der Waals surface area contributed by atoms with Gasteiger partial charge >= 0.3 is 5.97 Å². The van der Waals surface area contributed by atoms with E-state index in [1.54, 1.807) is 6.92 Å². The van der Waals surface area contributed by atoms with Crippen LogP contribution in [0, 0.1) is 6.92 Å². The van der Waals surface area contributed by atoms with Gasteiger partial charge in [0.1, 0.15) is 16.8 Å². The van der Waals surface area contributed by atoms with E-state index in [0.717, 1.165) is 11.1 Å². The van der Waals surface area contributed by atoms with Crippen molar-refractivity contribution in [3.8, 4) is 11.4 Å². The first-order valence-electron chi connectivity index (χ1n) is 6.51. The van der Waals surface area contributed by atoms with E-state index in [4.69, 9.17) is 4.74 Å². The van der Waals surface area contributed by atoms with E-state index in [9.17, 15) is 9.59 Å². The number of carbonyl (C=O) groups is 1. The SMILES string of the molecule is CCOC(=O)Cn1c(-c2ccccc2C)ncc(Br)c1=O. The molecule has 0 bridgehead atoms. The van der Waals surface area contributed by atoms with Crippen LogP contribution >= 0.6 is 15.9 Å². The lowest BCUT2D eigenvalue weighted by molar-refractivity contribution is -0.143. The van der Waals surface area contributed by atoms with E-state index in [1.807, 2.05) is 31.2 Å². The minimum absolute atomic E-state index is 0.164. The van der Waals surface area contributed by atoms with Crippen LogP contribution in [-0.4, -0.2) is 22.1 Å². The van der Waals surface area contributed by atoms with Crippen molar-refractivity contribution >= 4 is 21.9 Å². The Labute approximate surface area is 130 Å². The summed E-state index contributed by atoms with van der Waals surface area (Å²) in [5.74, 6) is -0.0105. The van der Waals surface area contributed by atoms with Crippen LogP contribution in [0.5, 0.6) is 0 Å². The molecule has 0 aliphatic heterocycles. The Kier molecular flexibility index (Phi) is 4.90. The maximum Gasteiger partial charge on any atom is 0.326 e. The van der Waals surface area contributed by atoms with Crippen LogP contribution in [0.15, 0.2) is 39.7 Å². The second kappa shape index (κ2) is 6.67. The minimum Gasteiger partial charge on any atom is -0.465 e. The number of hydrogen-bond acceptors (Lipinski definition) is 4. The quantitative estimate of drug-likeness (QED) is 0.795. The maximum absolute atomic E-state index is 12.3. The van der Waals surface area contributed by atoms with Crippen LogP contribution in [-0.2, 0) is 16.1 Å². The van der Waals surface area contributed by atoms with Crippen molar-refractivity contribution in [3.63, 3.8) is 0 Å². The van der Waals surface area contributed by atoms with Gasteiger partial charge in [0.15, 0.2) is 0 Å². The highest BCUT2D eigenvalue weighted by atomic mass is 79.9. The molecule has 0 spiro atoms. The number of benzene rings is 1. The minimum atomic E-state index is -0.464. The molecular formula is C15H15BrN2O3. The summed E-state index contributed by atoms with van der Waals surface area (Å²) in [7, 11) is 0. The highest BCUT2D eigenvalue weighted by Gasteiger charge is 2.15. The standard InChI is InChI=1S/C15H15BrN2O3/c1-3-21-13(19)9-18-14(17-8-12(16)15(18)20)11-7-5-4-6-10(11)2/h4-8H,3,9H2,1-2H3. The summed E-state index contributed by atoms with van der Waals surface area (Å²) < 4.78 is 6.55. The largest absolute Gasteiger partial charge is 0.465 e. The first-order chi connectivity index (χ1) is 10.0. The van der Waals surface area contributed by atoms with Crippen LogP contribution in [0.3, 0.4) is 0 Å². The molecule has 110 valence electrons. The molecule has 0 saturated carbocycles. The molecule has 5 nitrogen and oxygen atoms in total. The first kappa shape index (κ1) is 15.4. The normalized spacial score (nSPS) is 10.4. The average molecular weight is 351 g/mol. The number of ether oxygens (including phenoxy) is 1. The van der Waals surface area contributed by atoms with Gasteiger partial charge in [-0.15, -0.1) is 0 Å². The summed E-state index contributed by atoms with van der Waals surface area (Å²) in [5, 5.41) is 0. The molecule has 0 amide bonds. The topological polar surface area (TPSA) is 61.2 Å². The molecule has 0 radical (unpaired) electrons. The summed E-state index contributed by atoms with van der Waals surface area (Å²) in [6.07, 6.45) is 1.45. The summed E-state index contributed by atoms with van der Waals surface area (Å²) in [5.41, 5.74) is 1.48. The number of carbonyl (C=O) groups excluding carboxylic acids is 1. The molecule has 1 aromatic carbocycles. The molecule has 0 N–H and O–H groups in total. The third-order valence-electron chi connectivity index (χ3n) is 2.98. The van der Waals surface area contributed by atoms with Crippen LogP contribution in [0.1, 0.15) is 12.5 Å². The van der Waals surface area contributed by atoms with Crippen molar-refractivity contribution in [1.29, 1.82) is 0 Å². The summed E-state index contributed by atoms with van der Waals surface area (Å²) >= 11 is 3.15.